The molecule has 0 saturated carbocycles. The molecule has 1 N–H and O–H groups in total. The van der Waals surface area contributed by atoms with Crippen molar-refractivity contribution in [1.82, 2.24) is 10.2 Å². The van der Waals surface area contributed by atoms with Crippen LogP contribution in [0.25, 0.3) is 0 Å². The molecular formula is C8H15ClN2OS. The van der Waals surface area contributed by atoms with Crippen LogP contribution in [-0.2, 0) is 4.79 Å². The van der Waals surface area contributed by atoms with Crippen molar-refractivity contribution in [3.05, 3.63) is 6.08 Å². The molecular weight excluding hydrogens is 208 g/mol. The van der Waals surface area contributed by atoms with E-state index in [9.17, 15) is 4.79 Å². The highest BCUT2D eigenvalue weighted by Crippen LogP contribution is 2.28. The van der Waals surface area contributed by atoms with Gasteiger partial charge in [-0.25, -0.2) is 4.79 Å². The van der Waals surface area contributed by atoms with Gasteiger partial charge in [0, 0.05) is 17.9 Å². The van der Waals surface area contributed by atoms with E-state index in [2.05, 4.69) is 22.8 Å². The first-order valence-corrected chi connectivity index (χ1v) is 4.46. The molecule has 13 heavy (non-hydrogen) atoms. The maximum Gasteiger partial charge on any atom is 0.123 e. The second-order valence-corrected chi connectivity index (χ2v) is 3.91. The number of thiol groups is 1. The zero-order valence-electron chi connectivity index (χ0n) is 7.78. The maximum absolute atomic E-state index is 10.3. The van der Waals surface area contributed by atoms with Crippen LogP contribution in [0.3, 0.4) is 0 Å². The maximum atomic E-state index is 10.3. The molecule has 76 valence electrons. The van der Waals surface area contributed by atoms with Gasteiger partial charge in [-0.3, -0.25) is 10.2 Å². The fraction of sp³-hybridized carbons (Fsp3) is 0.750. The Balaban J connectivity index is 0.00000144. The predicted octanol–water partition coefficient (Wildman–Crippen LogP) is 0.346. The highest BCUT2D eigenvalue weighted by Gasteiger charge is 2.39. The molecule has 1 fully saturated rings. The fourth-order valence-electron chi connectivity index (χ4n) is 1.69. The molecule has 0 aromatic heterocycles. The fourth-order valence-corrected chi connectivity index (χ4v) is 2.21. The van der Waals surface area contributed by atoms with Crippen LogP contribution in [0.15, 0.2) is 6.08 Å². The topological polar surface area (TPSA) is 32.3 Å². The highest BCUT2D eigenvalue weighted by molar-refractivity contribution is 7.81. The second-order valence-electron chi connectivity index (χ2n) is 3.17. The van der Waals surface area contributed by atoms with Crippen LogP contribution < -0.4 is 5.32 Å². The van der Waals surface area contributed by atoms with Crippen molar-refractivity contribution in [2.24, 2.45) is 0 Å². The number of hydrogen-bond acceptors (Lipinski definition) is 4. The summed E-state index contributed by atoms with van der Waals surface area (Å²) in [5.41, 5.74) is -0.325. The Morgan fingerprint density at radius 1 is 1.77 bits per heavy atom. The minimum atomic E-state index is -0.325. The lowest BCUT2D eigenvalue weighted by Crippen LogP contribution is -2.50. The molecule has 0 unspecified atom stereocenters. The molecule has 2 atom stereocenters. The zero-order chi connectivity index (χ0) is 9.19. The third kappa shape index (κ3) is 2.48. The summed E-state index contributed by atoms with van der Waals surface area (Å²) >= 11 is 4.38. The van der Waals surface area contributed by atoms with Gasteiger partial charge in [-0.05, 0) is 20.5 Å². The van der Waals surface area contributed by atoms with Crippen LogP contribution in [0, 0.1) is 0 Å². The predicted molar refractivity (Wildman–Crippen MR) is 59.3 cm³/mol. The van der Waals surface area contributed by atoms with Gasteiger partial charge in [-0.1, -0.05) is 0 Å². The summed E-state index contributed by atoms with van der Waals surface area (Å²) in [6.07, 6.45) is 2.38. The van der Waals surface area contributed by atoms with Crippen molar-refractivity contribution >= 4 is 31.0 Å². The molecule has 0 aliphatic carbocycles. The third-order valence-electron chi connectivity index (χ3n) is 2.44. The summed E-state index contributed by atoms with van der Waals surface area (Å²) in [5, 5.41) is 3.44. The van der Waals surface area contributed by atoms with Gasteiger partial charge >= 0.3 is 0 Å². The van der Waals surface area contributed by atoms with Crippen molar-refractivity contribution in [2.75, 3.05) is 20.6 Å². The number of halogens is 1. The van der Waals surface area contributed by atoms with Crippen LogP contribution in [0.2, 0.25) is 0 Å². The Kier molecular flexibility index (Phi) is 5.04. The lowest BCUT2D eigenvalue weighted by atomic mass is 10.1. The first-order chi connectivity index (χ1) is 5.64. The number of carbonyl (C=O) groups excluding carboxylic acids is 1. The molecule has 0 spiro atoms. The van der Waals surface area contributed by atoms with Gasteiger partial charge in [-0.2, -0.15) is 12.6 Å². The van der Waals surface area contributed by atoms with E-state index in [0.717, 1.165) is 13.0 Å². The second kappa shape index (κ2) is 5.03. The standard InChI is InChI=1S/C8H14N2OS.ClH/c1-9-8(3-4-11)5-7(12)6-10(8)2;/h3,7,9,12H,5-6H2,1-2H3;1H/t7-,8+;/m1./s1. The Labute approximate surface area is 90.4 Å². The minimum Gasteiger partial charge on any atom is -0.298 e. The Morgan fingerprint density at radius 2 is 2.38 bits per heavy atom. The Hall–Kier alpha value is 0.01000. The lowest BCUT2D eigenvalue weighted by Gasteiger charge is -2.31. The van der Waals surface area contributed by atoms with Crippen LogP contribution in [0.5, 0.6) is 0 Å². The van der Waals surface area contributed by atoms with E-state index < -0.39 is 0 Å². The molecule has 0 radical (unpaired) electrons. The Morgan fingerprint density at radius 3 is 2.69 bits per heavy atom. The summed E-state index contributed by atoms with van der Waals surface area (Å²) in [6, 6.07) is 0. The van der Waals surface area contributed by atoms with Gasteiger partial charge in [0.05, 0.1) is 0 Å². The van der Waals surface area contributed by atoms with E-state index in [1.54, 1.807) is 0 Å². The van der Waals surface area contributed by atoms with Gasteiger partial charge in [0.15, 0.2) is 0 Å². The number of hydrogen-bond donors (Lipinski definition) is 2. The number of rotatable bonds is 2. The lowest BCUT2D eigenvalue weighted by molar-refractivity contribution is 0.196. The number of likely N-dealkylation sites (N-methyl/N-ethyl adjacent to an activating group) is 2. The minimum absolute atomic E-state index is 0. The van der Waals surface area contributed by atoms with Crippen molar-refractivity contribution < 1.29 is 4.79 Å². The molecule has 3 nitrogen and oxygen atoms in total. The van der Waals surface area contributed by atoms with E-state index in [-0.39, 0.29) is 18.1 Å². The van der Waals surface area contributed by atoms with E-state index in [1.807, 2.05) is 20.0 Å². The molecule has 1 heterocycles. The van der Waals surface area contributed by atoms with Crippen LogP contribution in [-0.4, -0.2) is 42.4 Å². The highest BCUT2D eigenvalue weighted by atomic mass is 35.5. The molecule has 1 aliphatic rings. The number of nitrogens with zero attached hydrogens (tertiary/aromatic N) is 1. The van der Waals surface area contributed by atoms with E-state index >= 15 is 0 Å². The van der Waals surface area contributed by atoms with Gasteiger partial charge in [-0.15, -0.1) is 12.4 Å². The first kappa shape index (κ1) is 13.0. The molecule has 0 amide bonds. The molecule has 0 aromatic rings. The summed E-state index contributed by atoms with van der Waals surface area (Å²) in [6.45, 7) is 0.891. The van der Waals surface area contributed by atoms with Gasteiger partial charge in [0.25, 0.3) is 0 Å². The first-order valence-electron chi connectivity index (χ1n) is 3.95. The van der Waals surface area contributed by atoms with Gasteiger partial charge in [0.1, 0.15) is 11.6 Å². The van der Waals surface area contributed by atoms with Crippen LogP contribution >= 0.6 is 25.0 Å². The van der Waals surface area contributed by atoms with Gasteiger partial charge in [0.2, 0.25) is 0 Å². The molecule has 0 bridgehead atoms. The van der Waals surface area contributed by atoms with Crippen molar-refractivity contribution in [1.29, 1.82) is 0 Å². The van der Waals surface area contributed by atoms with E-state index in [1.165, 1.54) is 6.08 Å². The van der Waals surface area contributed by atoms with Crippen molar-refractivity contribution in [2.45, 2.75) is 17.3 Å². The van der Waals surface area contributed by atoms with Gasteiger partial charge < -0.3 is 0 Å². The van der Waals surface area contributed by atoms with Crippen molar-refractivity contribution in [3.8, 4) is 0 Å². The average molecular weight is 223 g/mol. The third-order valence-corrected chi connectivity index (χ3v) is 2.79. The average Bonchev–Trinajstić information content (AvgIpc) is 2.28. The zero-order valence-corrected chi connectivity index (χ0v) is 9.49. The van der Waals surface area contributed by atoms with Crippen LogP contribution in [0.4, 0.5) is 0 Å². The largest absolute Gasteiger partial charge is 0.298 e. The molecule has 0 aromatic carbocycles. The summed E-state index contributed by atoms with van der Waals surface area (Å²) in [5.74, 6) is 1.84. The molecule has 5 heteroatoms. The summed E-state index contributed by atoms with van der Waals surface area (Å²) in [4.78, 5) is 12.4. The molecule has 1 aliphatic heterocycles. The van der Waals surface area contributed by atoms with E-state index in [0.29, 0.717) is 5.25 Å². The SMILES string of the molecule is CN[C@]1(C=C=O)C[C@@H](S)CN1C.Cl. The molecule has 1 saturated heterocycles. The number of likely N-dealkylation sites (tertiary alicyclic amines) is 1. The monoisotopic (exact) mass is 222 g/mol. The van der Waals surface area contributed by atoms with Crippen molar-refractivity contribution in [3.63, 3.8) is 0 Å². The van der Waals surface area contributed by atoms with Crippen LogP contribution in [0.1, 0.15) is 6.42 Å². The molecule has 1 rings (SSSR count). The summed E-state index contributed by atoms with van der Waals surface area (Å²) in [7, 11) is 3.82. The quantitative estimate of drug-likeness (QED) is 0.523. The van der Waals surface area contributed by atoms with E-state index in [4.69, 9.17) is 0 Å². The normalized spacial score (nSPS) is 33.6. The summed E-state index contributed by atoms with van der Waals surface area (Å²) < 4.78 is 0. The smallest absolute Gasteiger partial charge is 0.123 e. The number of nitrogens with one attached hydrogen (secondary N) is 1. The Bertz CT molecular complexity index is 220.